The first-order valence-corrected chi connectivity index (χ1v) is 8.49. The van der Waals surface area contributed by atoms with E-state index in [2.05, 4.69) is 0 Å². The lowest BCUT2D eigenvalue weighted by molar-refractivity contribution is -0.144. The average molecular weight is 325 g/mol. The third-order valence-corrected chi connectivity index (χ3v) is 4.17. The summed E-state index contributed by atoms with van der Waals surface area (Å²) in [6, 6.07) is 15.2. The minimum absolute atomic E-state index is 0.00516. The van der Waals surface area contributed by atoms with Crippen LogP contribution in [0, 0.1) is 0 Å². The van der Waals surface area contributed by atoms with E-state index in [1.807, 2.05) is 30.3 Å². The molecule has 0 saturated carbocycles. The van der Waals surface area contributed by atoms with E-state index >= 15 is 0 Å². The van der Waals surface area contributed by atoms with Crippen LogP contribution in [0.25, 0.3) is 0 Å². The van der Waals surface area contributed by atoms with Crippen LogP contribution < -0.4 is 0 Å². The van der Waals surface area contributed by atoms with Crippen LogP contribution in [0.15, 0.2) is 59.5 Å². The molecule has 6 heteroatoms. The molecule has 0 heterocycles. The summed E-state index contributed by atoms with van der Waals surface area (Å²) < 4.78 is 27.3. The molecule has 0 bridgehead atoms. The fourth-order valence-electron chi connectivity index (χ4n) is 1.73. The molecular weight excluding hydrogens is 312 g/mol. The standard InChI is InChI=1S/C15H13ClO4S/c16-21(18,19)14-8-6-12(7-9-14)10-15(17)20-11-13-4-2-1-3-5-13/h1-9H,10-11H2. The third-order valence-electron chi connectivity index (χ3n) is 2.80. The summed E-state index contributed by atoms with van der Waals surface area (Å²) in [5.74, 6) is -0.375. The highest BCUT2D eigenvalue weighted by Gasteiger charge is 2.10. The Morgan fingerprint density at radius 3 is 2.14 bits per heavy atom. The summed E-state index contributed by atoms with van der Waals surface area (Å²) in [5.41, 5.74) is 1.58. The Hall–Kier alpha value is -1.85. The van der Waals surface area contributed by atoms with Crippen molar-refractivity contribution in [3.05, 3.63) is 65.7 Å². The number of hydrogen-bond donors (Lipinski definition) is 0. The van der Waals surface area contributed by atoms with Crippen LogP contribution in [0.5, 0.6) is 0 Å². The van der Waals surface area contributed by atoms with Crippen molar-refractivity contribution in [1.82, 2.24) is 0 Å². The predicted octanol–water partition coefficient (Wildman–Crippen LogP) is 2.90. The summed E-state index contributed by atoms with van der Waals surface area (Å²) in [4.78, 5) is 11.7. The molecule has 0 unspecified atom stereocenters. The van der Waals surface area contributed by atoms with Crippen LogP contribution in [0.3, 0.4) is 0 Å². The van der Waals surface area contributed by atoms with Gasteiger partial charge in [-0.3, -0.25) is 4.79 Å². The molecule has 0 N–H and O–H groups in total. The number of rotatable bonds is 5. The van der Waals surface area contributed by atoms with Crippen LogP contribution in [-0.4, -0.2) is 14.4 Å². The van der Waals surface area contributed by atoms with Gasteiger partial charge < -0.3 is 4.74 Å². The lowest BCUT2D eigenvalue weighted by Crippen LogP contribution is -2.08. The van der Waals surface area contributed by atoms with Gasteiger partial charge in [0.15, 0.2) is 0 Å². The van der Waals surface area contributed by atoms with Gasteiger partial charge in [0, 0.05) is 10.7 Å². The maximum Gasteiger partial charge on any atom is 0.310 e. The van der Waals surface area contributed by atoms with Crippen molar-refractivity contribution < 1.29 is 17.9 Å². The summed E-state index contributed by atoms with van der Waals surface area (Å²) in [5, 5.41) is 0. The number of hydrogen-bond acceptors (Lipinski definition) is 4. The Balaban J connectivity index is 1.91. The van der Waals surface area contributed by atoms with E-state index in [9.17, 15) is 13.2 Å². The van der Waals surface area contributed by atoms with Crippen LogP contribution in [0.4, 0.5) is 0 Å². The second kappa shape index (κ2) is 6.74. The molecule has 2 rings (SSSR count). The molecule has 4 nitrogen and oxygen atoms in total. The number of carbonyl (C=O) groups is 1. The Morgan fingerprint density at radius 1 is 0.952 bits per heavy atom. The van der Waals surface area contributed by atoms with E-state index in [0.717, 1.165) is 5.56 Å². The molecule has 0 aliphatic carbocycles. The highest BCUT2D eigenvalue weighted by Crippen LogP contribution is 2.15. The maximum atomic E-state index is 11.7. The predicted molar refractivity (Wildman–Crippen MR) is 79.4 cm³/mol. The molecule has 0 saturated heterocycles. The number of esters is 1. The van der Waals surface area contributed by atoms with E-state index < -0.39 is 9.05 Å². The number of carbonyl (C=O) groups excluding carboxylic acids is 1. The lowest BCUT2D eigenvalue weighted by atomic mass is 10.1. The summed E-state index contributed by atoms with van der Waals surface area (Å²) in [7, 11) is 1.48. The Morgan fingerprint density at radius 2 is 1.57 bits per heavy atom. The van der Waals surface area contributed by atoms with Crippen molar-refractivity contribution >= 4 is 25.7 Å². The first kappa shape index (κ1) is 15.5. The topological polar surface area (TPSA) is 60.4 Å². The van der Waals surface area contributed by atoms with Crippen molar-refractivity contribution in [3.63, 3.8) is 0 Å². The maximum absolute atomic E-state index is 11.7. The largest absolute Gasteiger partial charge is 0.461 e. The lowest BCUT2D eigenvalue weighted by Gasteiger charge is -2.05. The summed E-state index contributed by atoms with van der Waals surface area (Å²) >= 11 is 0. The van der Waals surface area contributed by atoms with Crippen molar-refractivity contribution in [2.24, 2.45) is 0 Å². The van der Waals surface area contributed by atoms with Gasteiger partial charge in [-0.2, -0.15) is 0 Å². The molecule has 0 aliphatic heterocycles. The molecule has 2 aromatic rings. The van der Waals surface area contributed by atoms with E-state index in [1.165, 1.54) is 12.1 Å². The molecule has 0 atom stereocenters. The SMILES string of the molecule is O=C(Cc1ccc(S(=O)(=O)Cl)cc1)OCc1ccccc1. The first-order valence-electron chi connectivity index (χ1n) is 6.18. The molecule has 0 spiro atoms. The molecular formula is C15H13ClO4S. The molecule has 0 amide bonds. The number of ether oxygens (including phenoxy) is 1. The first-order chi connectivity index (χ1) is 9.95. The fraction of sp³-hybridized carbons (Fsp3) is 0.133. The minimum Gasteiger partial charge on any atom is -0.461 e. The van der Waals surface area contributed by atoms with Crippen molar-refractivity contribution in [3.8, 4) is 0 Å². The van der Waals surface area contributed by atoms with Gasteiger partial charge in [0.25, 0.3) is 9.05 Å². The molecule has 21 heavy (non-hydrogen) atoms. The molecule has 0 fully saturated rings. The smallest absolute Gasteiger partial charge is 0.310 e. The van der Waals surface area contributed by atoms with Gasteiger partial charge in [0.2, 0.25) is 0 Å². The van der Waals surface area contributed by atoms with Crippen LogP contribution in [0.2, 0.25) is 0 Å². The van der Waals surface area contributed by atoms with E-state index in [1.54, 1.807) is 12.1 Å². The second-order valence-corrected chi connectivity index (χ2v) is 6.97. The van der Waals surface area contributed by atoms with Gasteiger partial charge in [-0.1, -0.05) is 42.5 Å². The van der Waals surface area contributed by atoms with Crippen molar-refractivity contribution in [2.45, 2.75) is 17.9 Å². The van der Waals surface area contributed by atoms with Gasteiger partial charge in [-0.25, -0.2) is 8.42 Å². The molecule has 2 aromatic carbocycles. The normalized spacial score (nSPS) is 11.1. The van der Waals surface area contributed by atoms with E-state index in [4.69, 9.17) is 15.4 Å². The van der Waals surface area contributed by atoms with Gasteiger partial charge in [-0.05, 0) is 23.3 Å². The van der Waals surface area contributed by atoms with Crippen LogP contribution >= 0.6 is 10.7 Å². The van der Waals surface area contributed by atoms with E-state index in [0.29, 0.717) is 5.56 Å². The highest BCUT2D eigenvalue weighted by molar-refractivity contribution is 8.13. The summed E-state index contributed by atoms with van der Waals surface area (Å²) in [6.45, 7) is 0.216. The monoisotopic (exact) mass is 324 g/mol. The molecule has 0 aromatic heterocycles. The van der Waals surface area contributed by atoms with Crippen LogP contribution in [-0.2, 0) is 31.6 Å². The average Bonchev–Trinajstić information content (AvgIpc) is 2.46. The second-order valence-electron chi connectivity index (χ2n) is 4.40. The van der Waals surface area contributed by atoms with Crippen molar-refractivity contribution in [2.75, 3.05) is 0 Å². The molecule has 110 valence electrons. The summed E-state index contributed by atoms with van der Waals surface area (Å²) in [6.07, 6.45) is 0.0788. The Labute approximate surface area is 127 Å². The van der Waals surface area contributed by atoms with Crippen molar-refractivity contribution in [1.29, 1.82) is 0 Å². The number of halogens is 1. The Kier molecular flexibility index (Phi) is 4.98. The Bertz CT molecular complexity index is 709. The van der Waals surface area contributed by atoms with Gasteiger partial charge in [0.05, 0.1) is 11.3 Å². The molecule has 0 radical (unpaired) electrons. The quantitative estimate of drug-likeness (QED) is 0.626. The van der Waals surface area contributed by atoms with Gasteiger partial charge >= 0.3 is 5.97 Å². The fourth-order valence-corrected chi connectivity index (χ4v) is 2.50. The third kappa shape index (κ3) is 4.88. The number of benzene rings is 2. The zero-order valence-corrected chi connectivity index (χ0v) is 12.6. The zero-order chi connectivity index (χ0) is 15.3. The van der Waals surface area contributed by atoms with Gasteiger partial charge in [-0.15, -0.1) is 0 Å². The highest BCUT2D eigenvalue weighted by atomic mass is 35.7. The van der Waals surface area contributed by atoms with Gasteiger partial charge in [0.1, 0.15) is 6.61 Å². The molecule has 0 aliphatic rings. The van der Waals surface area contributed by atoms with E-state index in [-0.39, 0.29) is 23.9 Å². The zero-order valence-electron chi connectivity index (χ0n) is 11.0. The van der Waals surface area contributed by atoms with Crippen LogP contribution in [0.1, 0.15) is 11.1 Å². The minimum atomic E-state index is -3.74.